The molecule has 0 spiro atoms. The molecule has 0 bridgehead atoms. The van der Waals surface area contributed by atoms with Gasteiger partial charge in [-0.2, -0.15) is 0 Å². The van der Waals surface area contributed by atoms with Crippen LogP contribution in [-0.4, -0.2) is 18.5 Å². The van der Waals surface area contributed by atoms with Gasteiger partial charge < -0.3 is 9.47 Å². The third-order valence-corrected chi connectivity index (χ3v) is 2.58. The van der Waals surface area contributed by atoms with Gasteiger partial charge in [-0.1, -0.05) is 0 Å². The number of hydrogen-bond acceptors (Lipinski definition) is 3. The van der Waals surface area contributed by atoms with Crippen LogP contribution < -0.4 is 9.47 Å². The standard InChI is InChI=1S/C8H7F3INO2/c1-4-7(15-8(9,10)11)6(12)5(14-2)3-13-4/h3H,1-2H3. The topological polar surface area (TPSA) is 31.4 Å². The average molecular weight is 333 g/mol. The Bertz CT molecular complexity index is 368. The Morgan fingerprint density at radius 1 is 1.40 bits per heavy atom. The van der Waals surface area contributed by atoms with Gasteiger partial charge in [0.25, 0.3) is 0 Å². The van der Waals surface area contributed by atoms with Crippen molar-refractivity contribution in [3.05, 3.63) is 15.5 Å². The molecule has 0 unspecified atom stereocenters. The van der Waals surface area contributed by atoms with Crippen LogP contribution in [0.4, 0.5) is 13.2 Å². The second kappa shape index (κ2) is 4.42. The lowest BCUT2D eigenvalue weighted by Gasteiger charge is -2.14. The first-order chi connectivity index (χ1) is 6.85. The highest BCUT2D eigenvalue weighted by Crippen LogP contribution is 2.34. The zero-order valence-corrected chi connectivity index (χ0v) is 10.0. The number of ether oxygens (including phenoxy) is 2. The van der Waals surface area contributed by atoms with Crippen molar-refractivity contribution in [1.29, 1.82) is 0 Å². The van der Waals surface area contributed by atoms with E-state index in [0.29, 0.717) is 0 Å². The maximum absolute atomic E-state index is 12.0. The first kappa shape index (κ1) is 12.3. The van der Waals surface area contributed by atoms with Crippen LogP contribution in [0.5, 0.6) is 11.5 Å². The largest absolute Gasteiger partial charge is 0.573 e. The lowest BCUT2D eigenvalue weighted by Crippen LogP contribution is -2.19. The third-order valence-electron chi connectivity index (χ3n) is 1.56. The Hall–Kier alpha value is -0.730. The molecule has 0 saturated carbocycles. The lowest BCUT2D eigenvalue weighted by atomic mass is 10.3. The van der Waals surface area contributed by atoms with Crippen LogP contribution in [0.2, 0.25) is 0 Å². The zero-order valence-electron chi connectivity index (χ0n) is 7.85. The lowest BCUT2D eigenvalue weighted by molar-refractivity contribution is -0.275. The van der Waals surface area contributed by atoms with Crippen LogP contribution in [0.25, 0.3) is 0 Å². The number of pyridine rings is 1. The van der Waals surface area contributed by atoms with Crippen molar-refractivity contribution in [2.24, 2.45) is 0 Å². The van der Waals surface area contributed by atoms with Crippen LogP contribution in [-0.2, 0) is 0 Å². The molecule has 1 aromatic rings. The average Bonchev–Trinajstić information content (AvgIpc) is 2.11. The maximum Gasteiger partial charge on any atom is 0.573 e. The predicted molar refractivity (Wildman–Crippen MR) is 54.9 cm³/mol. The molecular formula is C8H7F3INO2. The molecule has 0 fully saturated rings. The van der Waals surface area contributed by atoms with E-state index in [9.17, 15) is 13.2 Å². The van der Waals surface area contributed by atoms with Gasteiger partial charge in [0, 0.05) is 0 Å². The molecule has 0 amide bonds. The molecule has 0 radical (unpaired) electrons. The molecule has 84 valence electrons. The van der Waals surface area contributed by atoms with Gasteiger partial charge in [0.1, 0.15) is 3.57 Å². The predicted octanol–water partition coefficient (Wildman–Crippen LogP) is 2.90. The minimum Gasteiger partial charge on any atom is -0.494 e. The number of aromatic nitrogens is 1. The fourth-order valence-corrected chi connectivity index (χ4v) is 1.78. The van der Waals surface area contributed by atoms with E-state index in [1.807, 2.05) is 0 Å². The summed E-state index contributed by atoms with van der Waals surface area (Å²) in [6.45, 7) is 1.43. The van der Waals surface area contributed by atoms with E-state index in [2.05, 4.69) is 9.72 Å². The van der Waals surface area contributed by atoms with Crippen molar-refractivity contribution in [2.45, 2.75) is 13.3 Å². The van der Waals surface area contributed by atoms with E-state index in [1.54, 1.807) is 22.6 Å². The van der Waals surface area contributed by atoms with E-state index < -0.39 is 6.36 Å². The molecular weight excluding hydrogens is 326 g/mol. The summed E-state index contributed by atoms with van der Waals surface area (Å²) >= 11 is 1.72. The molecule has 1 rings (SSSR count). The quantitative estimate of drug-likeness (QED) is 0.780. The first-order valence-electron chi connectivity index (χ1n) is 3.80. The summed E-state index contributed by atoms with van der Waals surface area (Å²) < 4.78 is 45.1. The number of aryl methyl sites for hydroxylation is 1. The Morgan fingerprint density at radius 2 is 2.00 bits per heavy atom. The van der Waals surface area contributed by atoms with E-state index in [4.69, 9.17) is 4.74 Å². The van der Waals surface area contributed by atoms with E-state index >= 15 is 0 Å². The van der Waals surface area contributed by atoms with Gasteiger partial charge in [0.05, 0.1) is 19.0 Å². The van der Waals surface area contributed by atoms with Gasteiger partial charge in [-0.25, -0.2) is 0 Å². The number of rotatable bonds is 2. The smallest absolute Gasteiger partial charge is 0.494 e. The van der Waals surface area contributed by atoms with Crippen molar-refractivity contribution in [3.8, 4) is 11.5 Å². The number of halogens is 4. The van der Waals surface area contributed by atoms with Crippen molar-refractivity contribution in [2.75, 3.05) is 7.11 Å². The van der Waals surface area contributed by atoms with Gasteiger partial charge in [-0.05, 0) is 29.5 Å². The molecule has 1 heterocycles. The molecule has 3 nitrogen and oxygen atoms in total. The minimum atomic E-state index is -4.72. The molecule has 0 atom stereocenters. The monoisotopic (exact) mass is 333 g/mol. The Balaban J connectivity index is 3.15. The van der Waals surface area contributed by atoms with Crippen LogP contribution in [0.1, 0.15) is 5.69 Å². The van der Waals surface area contributed by atoms with E-state index in [0.717, 1.165) is 0 Å². The van der Waals surface area contributed by atoms with E-state index in [1.165, 1.54) is 20.2 Å². The maximum atomic E-state index is 12.0. The van der Waals surface area contributed by atoms with Gasteiger partial charge in [-0.3, -0.25) is 4.98 Å². The summed E-state index contributed by atoms with van der Waals surface area (Å²) in [4.78, 5) is 3.74. The van der Waals surface area contributed by atoms with Crippen molar-refractivity contribution >= 4 is 22.6 Å². The summed E-state index contributed by atoms with van der Waals surface area (Å²) in [7, 11) is 1.35. The number of nitrogens with zero attached hydrogens (tertiary/aromatic N) is 1. The molecule has 0 aromatic carbocycles. The molecule has 0 aliphatic heterocycles. The molecule has 0 aliphatic rings. The van der Waals surface area contributed by atoms with Crippen LogP contribution in [0, 0.1) is 10.5 Å². The molecule has 7 heteroatoms. The number of methoxy groups -OCH3 is 1. The molecule has 0 N–H and O–H groups in total. The molecule has 15 heavy (non-hydrogen) atoms. The second-order valence-corrected chi connectivity index (χ2v) is 3.68. The Morgan fingerprint density at radius 3 is 2.47 bits per heavy atom. The minimum absolute atomic E-state index is 0.164. The van der Waals surface area contributed by atoms with Gasteiger partial charge in [0.2, 0.25) is 0 Å². The molecule has 1 aromatic heterocycles. The summed E-state index contributed by atoms with van der Waals surface area (Å²) in [5.74, 6) is -0.0668. The van der Waals surface area contributed by atoms with Gasteiger partial charge >= 0.3 is 6.36 Å². The first-order valence-corrected chi connectivity index (χ1v) is 4.88. The number of hydrogen-bond donors (Lipinski definition) is 0. The summed E-state index contributed by atoms with van der Waals surface area (Å²) in [5, 5.41) is 0. The highest BCUT2D eigenvalue weighted by Gasteiger charge is 2.33. The Kier molecular flexibility index (Phi) is 3.63. The van der Waals surface area contributed by atoms with Crippen molar-refractivity contribution in [1.82, 2.24) is 4.98 Å². The third kappa shape index (κ3) is 3.11. The normalized spacial score (nSPS) is 11.3. The molecule has 0 saturated heterocycles. The van der Waals surface area contributed by atoms with Gasteiger partial charge in [0.15, 0.2) is 11.5 Å². The SMILES string of the molecule is COc1cnc(C)c(OC(F)(F)F)c1I. The number of alkyl halides is 3. The van der Waals surface area contributed by atoms with Gasteiger partial charge in [-0.15, -0.1) is 13.2 Å². The fraction of sp³-hybridized carbons (Fsp3) is 0.375. The summed E-state index contributed by atoms with van der Waals surface area (Å²) in [6.07, 6.45) is -3.38. The van der Waals surface area contributed by atoms with Crippen LogP contribution in [0.15, 0.2) is 6.20 Å². The highest BCUT2D eigenvalue weighted by atomic mass is 127. The Labute approximate surface area is 97.7 Å². The fourth-order valence-electron chi connectivity index (χ4n) is 0.918. The van der Waals surface area contributed by atoms with Crippen molar-refractivity contribution in [3.63, 3.8) is 0 Å². The molecule has 0 aliphatic carbocycles. The van der Waals surface area contributed by atoms with E-state index in [-0.39, 0.29) is 20.8 Å². The summed E-state index contributed by atoms with van der Waals surface area (Å²) in [6, 6.07) is 0. The van der Waals surface area contributed by atoms with Crippen molar-refractivity contribution < 1.29 is 22.6 Å². The summed E-state index contributed by atoms with van der Waals surface area (Å²) in [5.41, 5.74) is 0.164. The van der Waals surface area contributed by atoms with Crippen LogP contribution >= 0.6 is 22.6 Å². The highest BCUT2D eigenvalue weighted by molar-refractivity contribution is 14.1. The second-order valence-electron chi connectivity index (χ2n) is 2.60. The van der Waals surface area contributed by atoms with Crippen LogP contribution in [0.3, 0.4) is 0 Å². The zero-order chi connectivity index (χ0) is 11.6.